The van der Waals surface area contributed by atoms with Gasteiger partial charge in [-0.25, -0.2) is 0 Å². The van der Waals surface area contributed by atoms with E-state index in [1.54, 1.807) is 13.1 Å². The molecular formula is C31H32N2O5. The summed E-state index contributed by atoms with van der Waals surface area (Å²) in [6.45, 7) is 1.97. The molecule has 2 amide bonds. The highest BCUT2D eigenvalue weighted by atomic mass is 16.5. The van der Waals surface area contributed by atoms with Crippen LogP contribution in [-0.2, 0) is 16.0 Å². The molecule has 0 aliphatic heterocycles. The third kappa shape index (κ3) is 7.93. The van der Waals surface area contributed by atoms with Crippen LogP contribution in [0.4, 0.5) is 0 Å². The predicted octanol–water partition coefficient (Wildman–Crippen LogP) is 5.89. The summed E-state index contributed by atoms with van der Waals surface area (Å²) < 4.78 is 5.94. The van der Waals surface area contributed by atoms with E-state index < -0.39 is 5.97 Å². The number of carboxylic acid groups (broad SMARTS) is 1. The Labute approximate surface area is 222 Å². The van der Waals surface area contributed by atoms with Crippen LogP contribution in [0.5, 0.6) is 11.5 Å². The highest BCUT2D eigenvalue weighted by Crippen LogP contribution is 2.27. The Hall–Kier alpha value is -4.65. The van der Waals surface area contributed by atoms with Gasteiger partial charge in [0.05, 0.1) is 6.04 Å². The van der Waals surface area contributed by atoms with Crippen molar-refractivity contribution < 1.29 is 24.2 Å². The lowest BCUT2D eigenvalue weighted by Crippen LogP contribution is -2.27. The number of carboxylic acids is 1. The third-order valence-corrected chi connectivity index (χ3v) is 5.90. The van der Waals surface area contributed by atoms with Gasteiger partial charge in [-0.05, 0) is 65.9 Å². The van der Waals surface area contributed by atoms with Crippen molar-refractivity contribution in [3.8, 4) is 11.5 Å². The zero-order valence-corrected chi connectivity index (χ0v) is 21.5. The van der Waals surface area contributed by atoms with E-state index in [9.17, 15) is 9.59 Å². The van der Waals surface area contributed by atoms with Crippen molar-refractivity contribution >= 4 is 29.1 Å². The van der Waals surface area contributed by atoms with E-state index in [4.69, 9.17) is 14.6 Å². The van der Waals surface area contributed by atoms with Gasteiger partial charge in [-0.15, -0.1) is 0 Å². The van der Waals surface area contributed by atoms with Crippen LogP contribution in [0, 0.1) is 0 Å². The molecule has 4 rings (SSSR count). The number of aryl methyl sites for hydroxylation is 1. The van der Waals surface area contributed by atoms with E-state index in [2.05, 4.69) is 28.8 Å². The van der Waals surface area contributed by atoms with Gasteiger partial charge in [0.25, 0.3) is 5.91 Å². The fraction of sp³-hybridized carbons (Fsp3) is 0.194. The van der Waals surface area contributed by atoms with E-state index >= 15 is 0 Å². The molecule has 196 valence electrons. The molecule has 1 unspecified atom stereocenters. The van der Waals surface area contributed by atoms with E-state index in [1.807, 2.05) is 73.7 Å². The molecule has 0 saturated heterocycles. The lowest BCUT2D eigenvalue weighted by atomic mass is 9.98. The molecule has 4 aromatic rings. The van der Waals surface area contributed by atoms with E-state index in [1.165, 1.54) is 0 Å². The predicted molar refractivity (Wildman–Crippen MR) is 148 cm³/mol. The maximum Gasteiger partial charge on any atom is 0.303 e. The molecule has 1 atom stereocenters. The van der Waals surface area contributed by atoms with Gasteiger partial charge in [0.2, 0.25) is 6.41 Å². The van der Waals surface area contributed by atoms with Crippen LogP contribution in [0.15, 0.2) is 91.0 Å². The maximum atomic E-state index is 13.4. The first-order valence-corrected chi connectivity index (χ1v) is 12.4. The molecule has 0 aliphatic rings. The first-order chi connectivity index (χ1) is 18.4. The van der Waals surface area contributed by atoms with Gasteiger partial charge in [-0.3, -0.25) is 14.4 Å². The molecule has 0 heterocycles. The molecule has 0 aromatic heterocycles. The molecule has 0 radical (unpaired) electrons. The fourth-order valence-electron chi connectivity index (χ4n) is 4.08. The second-order valence-corrected chi connectivity index (χ2v) is 8.65. The third-order valence-electron chi connectivity index (χ3n) is 5.90. The Morgan fingerprint density at radius 2 is 1.61 bits per heavy atom. The topological polar surface area (TPSA) is 105 Å². The number of ether oxygens (including phenoxy) is 1. The molecule has 0 aliphatic carbocycles. The zero-order chi connectivity index (χ0) is 27.3. The van der Waals surface area contributed by atoms with Crippen LogP contribution in [-0.4, -0.2) is 30.4 Å². The number of rotatable bonds is 10. The van der Waals surface area contributed by atoms with Crippen LogP contribution in [0.25, 0.3) is 10.8 Å². The summed E-state index contributed by atoms with van der Waals surface area (Å²) in [5.74, 6) is 0.164. The van der Waals surface area contributed by atoms with Crippen molar-refractivity contribution in [3.05, 3.63) is 108 Å². The Kier molecular flexibility index (Phi) is 10.4. The number of nitrogens with one attached hydrogen (secondary N) is 2. The van der Waals surface area contributed by atoms with Crippen molar-refractivity contribution in [2.75, 3.05) is 7.05 Å². The number of aliphatic carboxylic acids is 1. The molecule has 7 nitrogen and oxygen atoms in total. The normalized spacial score (nSPS) is 11.0. The summed E-state index contributed by atoms with van der Waals surface area (Å²) in [6, 6.07) is 28.7. The van der Waals surface area contributed by atoms with Gasteiger partial charge in [0.15, 0.2) is 0 Å². The van der Waals surface area contributed by atoms with Crippen molar-refractivity contribution in [2.24, 2.45) is 0 Å². The zero-order valence-electron chi connectivity index (χ0n) is 21.5. The van der Waals surface area contributed by atoms with E-state index in [0.29, 0.717) is 36.3 Å². The minimum Gasteiger partial charge on any atom is -0.481 e. The van der Waals surface area contributed by atoms with Crippen molar-refractivity contribution in [1.82, 2.24) is 10.6 Å². The number of fused-ring (bicyclic) bond motifs is 1. The largest absolute Gasteiger partial charge is 0.481 e. The number of hydrogen-bond donors (Lipinski definition) is 3. The minimum atomic E-state index is -0.848. The second-order valence-electron chi connectivity index (χ2n) is 8.65. The van der Waals surface area contributed by atoms with Crippen LogP contribution in [0.3, 0.4) is 0 Å². The number of carbonyl (C=O) groups is 3. The SMILES string of the molecule is CC(NC(=O)c1cc(Oc2ccccc2)ccc1CCCC(=O)O)c1cccc2ccccc12.CNC=O. The Morgan fingerprint density at radius 1 is 0.921 bits per heavy atom. The highest BCUT2D eigenvalue weighted by molar-refractivity contribution is 5.97. The summed E-state index contributed by atoms with van der Waals surface area (Å²) in [5, 5.41) is 16.6. The van der Waals surface area contributed by atoms with Gasteiger partial charge in [-0.1, -0.05) is 66.7 Å². The lowest BCUT2D eigenvalue weighted by Gasteiger charge is -2.19. The lowest BCUT2D eigenvalue weighted by molar-refractivity contribution is -0.137. The molecule has 0 bridgehead atoms. The van der Waals surface area contributed by atoms with Crippen LogP contribution in [0.1, 0.15) is 47.3 Å². The van der Waals surface area contributed by atoms with Crippen LogP contribution in [0.2, 0.25) is 0 Å². The fourth-order valence-corrected chi connectivity index (χ4v) is 4.08. The average molecular weight is 513 g/mol. The number of benzene rings is 4. The molecule has 0 spiro atoms. The number of amides is 2. The van der Waals surface area contributed by atoms with E-state index in [-0.39, 0.29) is 18.4 Å². The molecule has 3 N–H and O–H groups in total. The molecular weight excluding hydrogens is 480 g/mol. The molecule has 0 saturated carbocycles. The molecule has 38 heavy (non-hydrogen) atoms. The summed E-state index contributed by atoms with van der Waals surface area (Å²) >= 11 is 0. The minimum absolute atomic E-state index is 0.0513. The summed E-state index contributed by atoms with van der Waals surface area (Å²) in [5.41, 5.74) is 2.32. The van der Waals surface area contributed by atoms with Gasteiger partial charge >= 0.3 is 5.97 Å². The summed E-state index contributed by atoms with van der Waals surface area (Å²) in [4.78, 5) is 33.4. The van der Waals surface area contributed by atoms with Crippen molar-refractivity contribution in [2.45, 2.75) is 32.2 Å². The van der Waals surface area contributed by atoms with Gasteiger partial charge in [0.1, 0.15) is 11.5 Å². The van der Waals surface area contributed by atoms with Gasteiger partial charge in [0, 0.05) is 19.0 Å². The van der Waals surface area contributed by atoms with Crippen molar-refractivity contribution in [1.29, 1.82) is 0 Å². The summed E-state index contributed by atoms with van der Waals surface area (Å²) in [6.07, 6.45) is 1.62. The molecule has 7 heteroatoms. The highest BCUT2D eigenvalue weighted by Gasteiger charge is 2.18. The molecule has 4 aromatic carbocycles. The first-order valence-electron chi connectivity index (χ1n) is 12.4. The number of hydrogen-bond acceptors (Lipinski definition) is 4. The van der Waals surface area contributed by atoms with E-state index in [0.717, 1.165) is 21.9 Å². The average Bonchev–Trinajstić information content (AvgIpc) is 2.93. The Bertz CT molecular complexity index is 1370. The standard InChI is InChI=1S/C29H27NO4.C2H5NO/c1-20(25-15-7-10-21-9-5-6-14-26(21)25)30-29(33)27-19-24(34-23-12-3-2-4-13-23)18-17-22(27)11-8-16-28(31)32;1-3-2-4/h2-7,9-10,12-15,17-20H,8,11,16H2,1H3,(H,30,33)(H,31,32);2H,1H3,(H,3,4). The Balaban J connectivity index is 0.000000934. The van der Waals surface area contributed by atoms with Gasteiger partial charge < -0.3 is 20.5 Å². The maximum absolute atomic E-state index is 13.4. The Morgan fingerprint density at radius 3 is 2.32 bits per heavy atom. The van der Waals surface area contributed by atoms with Crippen LogP contribution < -0.4 is 15.4 Å². The van der Waals surface area contributed by atoms with Gasteiger partial charge in [-0.2, -0.15) is 0 Å². The van der Waals surface area contributed by atoms with Crippen molar-refractivity contribution in [3.63, 3.8) is 0 Å². The smallest absolute Gasteiger partial charge is 0.303 e. The summed E-state index contributed by atoms with van der Waals surface area (Å²) in [7, 11) is 1.56. The number of carbonyl (C=O) groups excluding carboxylic acids is 2. The quantitative estimate of drug-likeness (QED) is 0.230. The number of para-hydroxylation sites is 1. The monoisotopic (exact) mass is 512 g/mol. The second kappa shape index (κ2) is 14.2. The molecule has 0 fully saturated rings. The van der Waals surface area contributed by atoms with Crippen LogP contribution >= 0.6 is 0 Å². The first kappa shape index (κ1) is 27.9.